The Morgan fingerprint density at radius 3 is 2.60 bits per heavy atom. The van der Waals surface area contributed by atoms with Crippen LogP contribution < -0.4 is 16.0 Å². The third-order valence-corrected chi connectivity index (χ3v) is 5.43. The zero-order chi connectivity index (χ0) is 17.3. The summed E-state index contributed by atoms with van der Waals surface area (Å²) in [6, 6.07) is 14.5. The first-order valence-electron chi connectivity index (χ1n) is 8.81. The molecule has 2 heterocycles. The van der Waals surface area contributed by atoms with Gasteiger partial charge in [-0.1, -0.05) is 35.9 Å². The number of rotatable bonds is 2. The minimum Gasteiger partial charge on any atom is -0.371 e. The number of nitrogens with one attached hydrogen (secondary N) is 3. The monoisotopic (exact) mass is 354 g/mol. The SMILES string of the molecule is Cc1ccc(CN=C2Nc3ccccc3NC23CCNCC3)c(Cl)c1. The average Bonchev–Trinajstić information content (AvgIpc) is 2.62. The Bertz CT molecular complexity index is 809. The normalized spacial score (nSPS) is 20.0. The molecule has 1 saturated heterocycles. The number of halogens is 1. The topological polar surface area (TPSA) is 48.5 Å². The van der Waals surface area contributed by atoms with Gasteiger partial charge in [0.25, 0.3) is 0 Å². The molecule has 130 valence electrons. The number of hydrogen-bond donors (Lipinski definition) is 3. The number of piperidine rings is 1. The molecule has 0 bridgehead atoms. The zero-order valence-corrected chi connectivity index (χ0v) is 15.2. The van der Waals surface area contributed by atoms with E-state index in [0.717, 1.165) is 53.7 Å². The average molecular weight is 355 g/mol. The van der Waals surface area contributed by atoms with Gasteiger partial charge in [-0.3, -0.25) is 4.99 Å². The van der Waals surface area contributed by atoms with Crippen molar-refractivity contribution in [2.75, 3.05) is 23.7 Å². The van der Waals surface area contributed by atoms with Gasteiger partial charge in [-0.15, -0.1) is 0 Å². The van der Waals surface area contributed by atoms with Crippen molar-refractivity contribution in [3.8, 4) is 0 Å². The molecule has 25 heavy (non-hydrogen) atoms. The van der Waals surface area contributed by atoms with E-state index < -0.39 is 0 Å². The number of para-hydroxylation sites is 2. The third kappa shape index (κ3) is 3.24. The first-order chi connectivity index (χ1) is 12.2. The van der Waals surface area contributed by atoms with Crippen LogP contribution in [-0.4, -0.2) is 24.5 Å². The lowest BCUT2D eigenvalue weighted by Gasteiger charge is -2.44. The second kappa shape index (κ2) is 6.70. The Kier molecular flexibility index (Phi) is 4.40. The smallest absolute Gasteiger partial charge is 0.127 e. The Morgan fingerprint density at radius 2 is 1.84 bits per heavy atom. The molecule has 2 aliphatic rings. The van der Waals surface area contributed by atoms with Crippen LogP contribution in [0, 0.1) is 6.92 Å². The predicted molar refractivity (Wildman–Crippen MR) is 106 cm³/mol. The van der Waals surface area contributed by atoms with Crippen molar-refractivity contribution in [1.82, 2.24) is 5.32 Å². The first-order valence-corrected chi connectivity index (χ1v) is 9.19. The van der Waals surface area contributed by atoms with Gasteiger partial charge in [0.2, 0.25) is 0 Å². The quantitative estimate of drug-likeness (QED) is 0.757. The summed E-state index contributed by atoms with van der Waals surface area (Å²) < 4.78 is 0. The number of nitrogens with zero attached hydrogens (tertiary/aromatic N) is 1. The Balaban J connectivity index is 1.67. The van der Waals surface area contributed by atoms with Gasteiger partial charge in [0.1, 0.15) is 5.84 Å². The predicted octanol–water partition coefficient (Wildman–Crippen LogP) is 4.21. The van der Waals surface area contributed by atoms with E-state index in [2.05, 4.69) is 53.2 Å². The summed E-state index contributed by atoms with van der Waals surface area (Å²) in [6.07, 6.45) is 2.02. The standard InChI is InChI=1S/C20H23ClN4/c1-14-6-7-15(16(21)12-14)13-23-19-20(8-10-22-11-9-20)25-18-5-3-2-4-17(18)24-19/h2-7,12,22,25H,8-11,13H2,1H3,(H,23,24). The molecular weight excluding hydrogens is 332 g/mol. The van der Waals surface area contributed by atoms with Crippen molar-refractivity contribution in [3.63, 3.8) is 0 Å². The van der Waals surface area contributed by atoms with Gasteiger partial charge in [-0.25, -0.2) is 0 Å². The molecular formula is C20H23ClN4. The molecule has 0 aliphatic carbocycles. The molecule has 4 nitrogen and oxygen atoms in total. The maximum Gasteiger partial charge on any atom is 0.127 e. The largest absolute Gasteiger partial charge is 0.371 e. The van der Waals surface area contributed by atoms with Crippen LogP contribution in [0.1, 0.15) is 24.0 Å². The van der Waals surface area contributed by atoms with E-state index in [1.165, 1.54) is 5.56 Å². The summed E-state index contributed by atoms with van der Waals surface area (Å²) in [5.41, 5.74) is 4.33. The summed E-state index contributed by atoms with van der Waals surface area (Å²) in [5.74, 6) is 1.02. The molecule has 0 atom stereocenters. The highest BCUT2D eigenvalue weighted by molar-refractivity contribution is 6.31. The summed E-state index contributed by atoms with van der Waals surface area (Å²) >= 11 is 6.39. The molecule has 2 aromatic rings. The van der Waals surface area contributed by atoms with Crippen LogP contribution in [0.4, 0.5) is 11.4 Å². The van der Waals surface area contributed by atoms with Crippen molar-refractivity contribution < 1.29 is 0 Å². The van der Waals surface area contributed by atoms with Crippen molar-refractivity contribution in [3.05, 3.63) is 58.6 Å². The molecule has 0 unspecified atom stereocenters. The van der Waals surface area contributed by atoms with Crippen LogP contribution in [0.25, 0.3) is 0 Å². The lowest BCUT2D eigenvalue weighted by Crippen LogP contribution is -2.57. The van der Waals surface area contributed by atoms with Gasteiger partial charge >= 0.3 is 0 Å². The lowest BCUT2D eigenvalue weighted by molar-refractivity contribution is 0.419. The van der Waals surface area contributed by atoms with E-state index in [1.54, 1.807) is 0 Å². The number of hydrogen-bond acceptors (Lipinski definition) is 3. The number of aliphatic imine (C=N–C) groups is 1. The van der Waals surface area contributed by atoms with Gasteiger partial charge in [0.05, 0.1) is 23.5 Å². The Labute approximate surface area is 153 Å². The van der Waals surface area contributed by atoms with E-state index >= 15 is 0 Å². The van der Waals surface area contributed by atoms with Crippen LogP contribution in [0.15, 0.2) is 47.5 Å². The van der Waals surface area contributed by atoms with Crippen molar-refractivity contribution in [1.29, 1.82) is 0 Å². The van der Waals surface area contributed by atoms with Crippen molar-refractivity contribution in [2.45, 2.75) is 31.8 Å². The minimum absolute atomic E-state index is 0.128. The highest BCUT2D eigenvalue weighted by atomic mass is 35.5. The van der Waals surface area contributed by atoms with E-state index in [0.29, 0.717) is 6.54 Å². The van der Waals surface area contributed by atoms with Gasteiger partial charge in [-0.2, -0.15) is 0 Å². The second-order valence-corrected chi connectivity index (χ2v) is 7.29. The molecule has 0 amide bonds. The third-order valence-electron chi connectivity index (χ3n) is 5.08. The summed E-state index contributed by atoms with van der Waals surface area (Å²) in [4.78, 5) is 4.95. The highest BCUT2D eigenvalue weighted by Gasteiger charge is 2.40. The summed E-state index contributed by atoms with van der Waals surface area (Å²) in [7, 11) is 0. The molecule has 1 spiro atoms. The van der Waals surface area contributed by atoms with Crippen LogP contribution in [0.2, 0.25) is 5.02 Å². The maximum atomic E-state index is 6.39. The Morgan fingerprint density at radius 1 is 1.08 bits per heavy atom. The molecule has 0 aromatic heterocycles. The van der Waals surface area contributed by atoms with Crippen molar-refractivity contribution >= 4 is 28.8 Å². The summed E-state index contributed by atoms with van der Waals surface area (Å²) in [6.45, 7) is 4.61. The fraction of sp³-hybridized carbons (Fsp3) is 0.350. The Hall–Kier alpha value is -2.04. The molecule has 0 radical (unpaired) electrons. The van der Waals surface area contributed by atoms with E-state index in [-0.39, 0.29) is 5.54 Å². The van der Waals surface area contributed by atoms with E-state index in [1.807, 2.05) is 12.1 Å². The van der Waals surface area contributed by atoms with Gasteiger partial charge in [-0.05, 0) is 62.2 Å². The van der Waals surface area contributed by atoms with Gasteiger partial charge in [0.15, 0.2) is 0 Å². The number of fused-ring (bicyclic) bond motifs is 1. The molecule has 2 aromatic carbocycles. The number of aryl methyl sites for hydroxylation is 1. The number of anilines is 2. The van der Waals surface area contributed by atoms with E-state index in [9.17, 15) is 0 Å². The van der Waals surface area contributed by atoms with Crippen LogP contribution in [-0.2, 0) is 6.54 Å². The molecule has 4 rings (SSSR count). The lowest BCUT2D eigenvalue weighted by atomic mass is 9.84. The minimum atomic E-state index is -0.128. The van der Waals surface area contributed by atoms with Gasteiger partial charge < -0.3 is 16.0 Å². The molecule has 2 aliphatic heterocycles. The fourth-order valence-electron chi connectivity index (χ4n) is 3.62. The zero-order valence-electron chi connectivity index (χ0n) is 14.4. The maximum absolute atomic E-state index is 6.39. The summed E-state index contributed by atoms with van der Waals surface area (Å²) in [5, 5.41) is 11.6. The molecule has 1 fully saturated rings. The van der Waals surface area contributed by atoms with Gasteiger partial charge in [0, 0.05) is 5.02 Å². The molecule has 0 saturated carbocycles. The van der Waals surface area contributed by atoms with E-state index in [4.69, 9.17) is 16.6 Å². The van der Waals surface area contributed by atoms with Crippen molar-refractivity contribution in [2.24, 2.45) is 4.99 Å². The highest BCUT2D eigenvalue weighted by Crippen LogP contribution is 2.36. The fourth-order valence-corrected chi connectivity index (χ4v) is 3.91. The molecule has 3 N–H and O–H groups in total. The van der Waals surface area contributed by atoms with Crippen LogP contribution in [0.5, 0.6) is 0 Å². The first kappa shape index (κ1) is 16.4. The molecule has 5 heteroatoms. The number of benzene rings is 2. The second-order valence-electron chi connectivity index (χ2n) is 6.89. The number of amidine groups is 1. The van der Waals surface area contributed by atoms with Crippen LogP contribution >= 0.6 is 11.6 Å². The van der Waals surface area contributed by atoms with Crippen LogP contribution in [0.3, 0.4) is 0 Å².